The van der Waals surface area contributed by atoms with Gasteiger partial charge in [0.05, 0.1) is 0 Å². The van der Waals surface area contributed by atoms with Crippen LogP contribution in [0.2, 0.25) is 0 Å². The molecule has 2 N–H and O–H groups in total. The number of hydrogen-bond donors (Lipinski definition) is 2. The highest BCUT2D eigenvalue weighted by Gasteiger charge is 2.11. The van der Waals surface area contributed by atoms with Gasteiger partial charge in [-0.1, -0.05) is 11.3 Å². The number of nitrogens with one attached hydrogen (secondary N) is 2. The van der Waals surface area contributed by atoms with Gasteiger partial charge in [0, 0.05) is 22.2 Å². The molecule has 5 nitrogen and oxygen atoms in total. The molecule has 1 aromatic carbocycles. The van der Waals surface area contributed by atoms with Crippen LogP contribution in [0, 0.1) is 20.8 Å². The summed E-state index contributed by atoms with van der Waals surface area (Å²) < 4.78 is 0. The number of carbonyl (C=O) groups excluding carboxylic acids is 1. The number of aromatic nitrogens is 3. The Morgan fingerprint density at radius 2 is 2.05 bits per heavy atom. The van der Waals surface area contributed by atoms with Crippen LogP contribution in [0.3, 0.4) is 0 Å². The van der Waals surface area contributed by atoms with Crippen molar-refractivity contribution in [3.05, 3.63) is 40.0 Å². The van der Waals surface area contributed by atoms with Crippen molar-refractivity contribution in [1.29, 1.82) is 0 Å². The molecule has 0 unspecified atom stereocenters. The molecule has 2 heterocycles. The van der Waals surface area contributed by atoms with Gasteiger partial charge in [-0.05, 0) is 44.5 Å². The molecule has 1 amide bonds. The van der Waals surface area contributed by atoms with Crippen LogP contribution in [0.25, 0.3) is 10.9 Å². The summed E-state index contributed by atoms with van der Waals surface area (Å²) in [5, 5.41) is 13.0. The highest BCUT2D eigenvalue weighted by atomic mass is 32.1. The lowest BCUT2D eigenvalue weighted by Crippen LogP contribution is -2.11. The third kappa shape index (κ3) is 2.18. The molecule has 2 aromatic heterocycles. The van der Waals surface area contributed by atoms with E-state index < -0.39 is 0 Å². The van der Waals surface area contributed by atoms with Crippen molar-refractivity contribution in [1.82, 2.24) is 15.2 Å². The molecule has 0 saturated heterocycles. The van der Waals surface area contributed by atoms with Crippen molar-refractivity contribution < 1.29 is 4.79 Å². The maximum absolute atomic E-state index is 12.2. The number of anilines is 1. The number of benzene rings is 1. The number of hydrogen-bond acceptors (Lipinski definition) is 4. The SMILES string of the molecule is Cc1nnc(NC(=O)c2ccc3[nH]c(C)c(C)c3c2)s1. The van der Waals surface area contributed by atoms with E-state index in [4.69, 9.17) is 0 Å². The van der Waals surface area contributed by atoms with Crippen LogP contribution in [-0.4, -0.2) is 21.1 Å². The fourth-order valence-electron chi connectivity index (χ4n) is 2.12. The van der Waals surface area contributed by atoms with Gasteiger partial charge in [0.2, 0.25) is 5.13 Å². The first kappa shape index (κ1) is 12.8. The van der Waals surface area contributed by atoms with Crippen molar-refractivity contribution in [2.24, 2.45) is 0 Å². The van der Waals surface area contributed by atoms with E-state index in [1.807, 2.05) is 32.9 Å². The van der Waals surface area contributed by atoms with Crippen LogP contribution in [0.5, 0.6) is 0 Å². The fourth-order valence-corrected chi connectivity index (χ4v) is 2.71. The Morgan fingerprint density at radius 1 is 1.25 bits per heavy atom. The number of nitrogens with zero attached hydrogens (tertiary/aromatic N) is 2. The quantitative estimate of drug-likeness (QED) is 0.760. The zero-order chi connectivity index (χ0) is 14.3. The Balaban J connectivity index is 1.93. The number of carbonyl (C=O) groups is 1. The lowest BCUT2D eigenvalue weighted by atomic mass is 10.1. The summed E-state index contributed by atoms with van der Waals surface area (Å²) in [6.45, 7) is 5.92. The molecule has 20 heavy (non-hydrogen) atoms. The fraction of sp³-hybridized carbons (Fsp3) is 0.214. The molecule has 0 bridgehead atoms. The molecule has 102 valence electrons. The minimum atomic E-state index is -0.165. The number of aryl methyl sites for hydroxylation is 3. The zero-order valence-electron chi connectivity index (χ0n) is 11.4. The number of amides is 1. The van der Waals surface area contributed by atoms with E-state index in [-0.39, 0.29) is 5.91 Å². The molecule has 3 rings (SSSR count). The smallest absolute Gasteiger partial charge is 0.257 e. The second-order valence-corrected chi connectivity index (χ2v) is 5.90. The number of fused-ring (bicyclic) bond motifs is 1. The molecule has 0 aliphatic carbocycles. The Bertz CT molecular complexity index is 803. The molecule has 0 radical (unpaired) electrons. The number of rotatable bonds is 2. The van der Waals surface area contributed by atoms with Crippen LogP contribution < -0.4 is 5.32 Å². The van der Waals surface area contributed by atoms with Gasteiger partial charge < -0.3 is 4.98 Å². The summed E-state index contributed by atoms with van der Waals surface area (Å²) in [6, 6.07) is 5.63. The Labute approximate surface area is 120 Å². The van der Waals surface area contributed by atoms with E-state index in [9.17, 15) is 4.79 Å². The van der Waals surface area contributed by atoms with Gasteiger partial charge in [-0.15, -0.1) is 10.2 Å². The Hall–Kier alpha value is -2.21. The largest absolute Gasteiger partial charge is 0.358 e. The summed E-state index contributed by atoms with van der Waals surface area (Å²) in [4.78, 5) is 15.5. The van der Waals surface area contributed by atoms with E-state index in [0.717, 1.165) is 21.6 Å². The highest BCUT2D eigenvalue weighted by molar-refractivity contribution is 7.15. The molecule has 0 spiro atoms. The van der Waals surface area contributed by atoms with Gasteiger partial charge in [0.15, 0.2) is 0 Å². The average Bonchev–Trinajstić information content (AvgIpc) is 2.94. The lowest BCUT2D eigenvalue weighted by Gasteiger charge is -2.02. The molecule has 3 aromatic rings. The third-order valence-corrected chi connectivity index (χ3v) is 4.07. The van der Waals surface area contributed by atoms with Crippen molar-refractivity contribution >= 4 is 33.3 Å². The van der Waals surface area contributed by atoms with Gasteiger partial charge >= 0.3 is 0 Å². The van der Waals surface area contributed by atoms with E-state index in [1.165, 1.54) is 16.9 Å². The Kier molecular flexibility index (Phi) is 3.02. The first-order valence-corrected chi connectivity index (χ1v) is 7.06. The predicted molar refractivity (Wildman–Crippen MR) is 80.4 cm³/mol. The minimum Gasteiger partial charge on any atom is -0.358 e. The first-order chi connectivity index (χ1) is 9.54. The first-order valence-electron chi connectivity index (χ1n) is 6.25. The maximum atomic E-state index is 12.2. The van der Waals surface area contributed by atoms with Crippen LogP contribution in [0.1, 0.15) is 26.6 Å². The van der Waals surface area contributed by atoms with Gasteiger partial charge in [0.1, 0.15) is 5.01 Å². The van der Waals surface area contributed by atoms with Crippen LogP contribution >= 0.6 is 11.3 Å². The number of aromatic amines is 1. The standard InChI is InChI=1S/C14H14N4OS/c1-7-8(2)15-12-5-4-10(6-11(7)12)13(19)16-14-18-17-9(3)20-14/h4-6,15H,1-3H3,(H,16,18,19). The molecule has 0 aliphatic rings. The zero-order valence-corrected chi connectivity index (χ0v) is 12.3. The molecule has 0 aliphatic heterocycles. The van der Waals surface area contributed by atoms with Crippen molar-refractivity contribution in [2.75, 3.05) is 5.32 Å². The van der Waals surface area contributed by atoms with E-state index in [1.54, 1.807) is 6.07 Å². The van der Waals surface area contributed by atoms with Crippen LogP contribution in [0.4, 0.5) is 5.13 Å². The Morgan fingerprint density at radius 3 is 2.75 bits per heavy atom. The summed E-state index contributed by atoms with van der Waals surface area (Å²) >= 11 is 1.36. The van der Waals surface area contributed by atoms with E-state index in [2.05, 4.69) is 20.5 Å². The van der Waals surface area contributed by atoms with Crippen molar-refractivity contribution in [3.63, 3.8) is 0 Å². The van der Waals surface area contributed by atoms with Gasteiger partial charge in [-0.25, -0.2) is 0 Å². The molecule has 0 atom stereocenters. The summed E-state index contributed by atoms with van der Waals surface area (Å²) in [7, 11) is 0. The third-order valence-electron chi connectivity index (χ3n) is 3.32. The van der Waals surface area contributed by atoms with E-state index in [0.29, 0.717) is 10.7 Å². The number of H-pyrrole nitrogens is 1. The van der Waals surface area contributed by atoms with Crippen molar-refractivity contribution in [3.8, 4) is 0 Å². The molecule has 0 saturated carbocycles. The normalized spacial score (nSPS) is 10.9. The predicted octanol–water partition coefficient (Wildman–Crippen LogP) is 3.20. The van der Waals surface area contributed by atoms with Gasteiger partial charge in [-0.2, -0.15) is 0 Å². The molecule has 6 heteroatoms. The van der Waals surface area contributed by atoms with Crippen molar-refractivity contribution in [2.45, 2.75) is 20.8 Å². The second-order valence-electron chi connectivity index (χ2n) is 4.72. The molecular weight excluding hydrogens is 272 g/mol. The maximum Gasteiger partial charge on any atom is 0.257 e. The minimum absolute atomic E-state index is 0.165. The highest BCUT2D eigenvalue weighted by Crippen LogP contribution is 2.23. The second kappa shape index (κ2) is 4.72. The van der Waals surface area contributed by atoms with Gasteiger partial charge in [0.25, 0.3) is 5.91 Å². The topological polar surface area (TPSA) is 70.7 Å². The molecular formula is C14H14N4OS. The monoisotopic (exact) mass is 286 g/mol. The lowest BCUT2D eigenvalue weighted by molar-refractivity contribution is 0.102. The van der Waals surface area contributed by atoms with E-state index >= 15 is 0 Å². The average molecular weight is 286 g/mol. The summed E-state index contributed by atoms with van der Waals surface area (Å²) in [5.74, 6) is -0.165. The van der Waals surface area contributed by atoms with Crippen LogP contribution in [-0.2, 0) is 0 Å². The summed E-state index contributed by atoms with van der Waals surface area (Å²) in [5.41, 5.74) is 3.95. The summed E-state index contributed by atoms with van der Waals surface area (Å²) in [6.07, 6.45) is 0. The van der Waals surface area contributed by atoms with Crippen LogP contribution in [0.15, 0.2) is 18.2 Å². The van der Waals surface area contributed by atoms with Gasteiger partial charge in [-0.3, -0.25) is 10.1 Å². The molecule has 0 fully saturated rings.